The zero-order chi connectivity index (χ0) is 16.4. The predicted molar refractivity (Wildman–Crippen MR) is 91.0 cm³/mol. The maximum absolute atomic E-state index is 11.5. The Morgan fingerprint density at radius 1 is 1.17 bits per heavy atom. The van der Waals surface area contributed by atoms with Crippen molar-refractivity contribution in [3.8, 4) is 11.1 Å². The first-order valence-electron chi connectivity index (χ1n) is 7.91. The van der Waals surface area contributed by atoms with Gasteiger partial charge < -0.3 is 15.1 Å². The van der Waals surface area contributed by atoms with Crippen molar-refractivity contribution in [3.05, 3.63) is 53.6 Å². The molecule has 0 aliphatic carbocycles. The van der Waals surface area contributed by atoms with Gasteiger partial charge in [0.1, 0.15) is 0 Å². The smallest absolute Gasteiger partial charge is 0.335 e. The number of hydrogen-bond acceptors (Lipinski definition) is 3. The molecule has 0 aromatic heterocycles. The second kappa shape index (κ2) is 6.42. The number of carbonyl (C=O) groups is 1. The molecule has 0 saturated carbocycles. The SMILES string of the molecule is Cc1ccc(-c2cc(C(=O)O)cc(N3CCCC3CO)c2)cc1. The van der Waals surface area contributed by atoms with Crippen LogP contribution in [0, 0.1) is 6.92 Å². The molecule has 0 spiro atoms. The molecule has 120 valence electrons. The zero-order valence-corrected chi connectivity index (χ0v) is 13.2. The number of aromatic carboxylic acids is 1. The van der Waals surface area contributed by atoms with E-state index in [1.54, 1.807) is 12.1 Å². The Balaban J connectivity index is 2.06. The molecule has 4 nitrogen and oxygen atoms in total. The molecule has 1 aliphatic rings. The van der Waals surface area contributed by atoms with Gasteiger partial charge in [-0.2, -0.15) is 0 Å². The van der Waals surface area contributed by atoms with Crippen molar-refractivity contribution >= 4 is 11.7 Å². The third kappa shape index (κ3) is 3.22. The fraction of sp³-hybridized carbons (Fsp3) is 0.316. The van der Waals surface area contributed by atoms with Crippen molar-refractivity contribution in [1.82, 2.24) is 0 Å². The van der Waals surface area contributed by atoms with Crippen LogP contribution in [0.15, 0.2) is 42.5 Å². The average Bonchev–Trinajstić information content (AvgIpc) is 3.03. The van der Waals surface area contributed by atoms with E-state index in [-0.39, 0.29) is 18.2 Å². The lowest BCUT2D eigenvalue weighted by Gasteiger charge is -2.26. The molecule has 1 aliphatic heterocycles. The van der Waals surface area contributed by atoms with Crippen molar-refractivity contribution < 1.29 is 15.0 Å². The largest absolute Gasteiger partial charge is 0.478 e. The van der Waals surface area contributed by atoms with E-state index >= 15 is 0 Å². The lowest BCUT2D eigenvalue weighted by atomic mass is 10.0. The third-order valence-corrected chi connectivity index (χ3v) is 4.47. The topological polar surface area (TPSA) is 60.8 Å². The number of aliphatic hydroxyl groups is 1. The Bertz CT molecular complexity index is 709. The fourth-order valence-corrected chi connectivity index (χ4v) is 3.18. The van der Waals surface area contributed by atoms with Crippen molar-refractivity contribution in [2.45, 2.75) is 25.8 Å². The summed E-state index contributed by atoms with van der Waals surface area (Å²) in [6.45, 7) is 2.97. The van der Waals surface area contributed by atoms with Gasteiger partial charge in [0.2, 0.25) is 0 Å². The van der Waals surface area contributed by atoms with Crippen LogP contribution in [-0.2, 0) is 0 Å². The number of hydrogen-bond donors (Lipinski definition) is 2. The Labute approximate surface area is 136 Å². The van der Waals surface area contributed by atoms with Crippen molar-refractivity contribution in [2.24, 2.45) is 0 Å². The molecular formula is C19H21NO3. The van der Waals surface area contributed by atoms with Gasteiger partial charge in [-0.15, -0.1) is 0 Å². The number of carboxylic acid groups (broad SMARTS) is 1. The van der Waals surface area contributed by atoms with Crippen LogP contribution >= 0.6 is 0 Å². The van der Waals surface area contributed by atoms with Crippen LogP contribution in [0.3, 0.4) is 0 Å². The van der Waals surface area contributed by atoms with Crippen LogP contribution in [0.1, 0.15) is 28.8 Å². The molecule has 4 heteroatoms. The van der Waals surface area contributed by atoms with E-state index in [0.717, 1.165) is 36.2 Å². The molecule has 2 aromatic carbocycles. The number of nitrogens with zero attached hydrogens (tertiary/aromatic N) is 1. The van der Waals surface area contributed by atoms with E-state index in [2.05, 4.69) is 4.90 Å². The van der Waals surface area contributed by atoms with Crippen molar-refractivity contribution in [1.29, 1.82) is 0 Å². The van der Waals surface area contributed by atoms with E-state index in [1.807, 2.05) is 37.3 Å². The second-order valence-electron chi connectivity index (χ2n) is 6.11. The summed E-state index contributed by atoms with van der Waals surface area (Å²) < 4.78 is 0. The number of carboxylic acids is 1. The minimum atomic E-state index is -0.931. The summed E-state index contributed by atoms with van der Waals surface area (Å²) in [6.07, 6.45) is 1.95. The summed E-state index contributed by atoms with van der Waals surface area (Å²) >= 11 is 0. The van der Waals surface area contributed by atoms with E-state index < -0.39 is 5.97 Å². The normalized spacial score (nSPS) is 17.5. The Morgan fingerprint density at radius 3 is 2.57 bits per heavy atom. The number of benzene rings is 2. The summed E-state index contributed by atoms with van der Waals surface area (Å²) in [7, 11) is 0. The Morgan fingerprint density at radius 2 is 1.91 bits per heavy atom. The summed E-state index contributed by atoms with van der Waals surface area (Å²) in [4.78, 5) is 13.6. The first-order chi connectivity index (χ1) is 11.1. The van der Waals surface area contributed by atoms with Gasteiger partial charge in [0.25, 0.3) is 0 Å². The molecule has 0 bridgehead atoms. The first kappa shape index (κ1) is 15.6. The standard InChI is InChI=1S/C19H21NO3/c1-13-4-6-14(7-5-13)15-9-16(19(22)23)11-18(10-15)20-8-2-3-17(20)12-21/h4-7,9-11,17,21H,2-3,8,12H2,1H3,(H,22,23). The van der Waals surface area contributed by atoms with Crippen LogP contribution < -0.4 is 4.90 Å². The highest BCUT2D eigenvalue weighted by molar-refractivity contribution is 5.91. The molecule has 1 saturated heterocycles. The van der Waals surface area contributed by atoms with Crippen LogP contribution in [0.25, 0.3) is 11.1 Å². The first-order valence-corrected chi connectivity index (χ1v) is 7.91. The van der Waals surface area contributed by atoms with Crippen molar-refractivity contribution in [2.75, 3.05) is 18.1 Å². The van der Waals surface area contributed by atoms with Crippen LogP contribution in [0.2, 0.25) is 0 Å². The maximum atomic E-state index is 11.5. The highest BCUT2D eigenvalue weighted by Crippen LogP contribution is 2.31. The molecule has 23 heavy (non-hydrogen) atoms. The minimum absolute atomic E-state index is 0.0740. The number of rotatable bonds is 4. The van der Waals surface area contributed by atoms with Crippen molar-refractivity contribution in [3.63, 3.8) is 0 Å². The number of aryl methyl sites for hydroxylation is 1. The third-order valence-electron chi connectivity index (χ3n) is 4.47. The van der Waals surface area contributed by atoms with Gasteiger partial charge in [-0.25, -0.2) is 4.79 Å². The molecule has 2 aromatic rings. The van der Waals surface area contributed by atoms with Gasteiger partial charge >= 0.3 is 5.97 Å². The molecule has 1 fully saturated rings. The molecule has 2 N–H and O–H groups in total. The monoisotopic (exact) mass is 311 g/mol. The molecule has 3 rings (SSSR count). The zero-order valence-electron chi connectivity index (χ0n) is 13.2. The molecule has 0 radical (unpaired) electrons. The lowest BCUT2D eigenvalue weighted by molar-refractivity contribution is 0.0697. The van der Waals surface area contributed by atoms with Gasteiger partial charge in [0.15, 0.2) is 0 Å². The van der Waals surface area contributed by atoms with Gasteiger partial charge in [0.05, 0.1) is 18.2 Å². The van der Waals surface area contributed by atoms with Gasteiger partial charge in [-0.05, 0) is 49.1 Å². The lowest BCUT2D eigenvalue weighted by Crippen LogP contribution is -2.32. The van der Waals surface area contributed by atoms with Crippen LogP contribution in [0.5, 0.6) is 0 Å². The average molecular weight is 311 g/mol. The van der Waals surface area contributed by atoms with E-state index in [1.165, 1.54) is 5.56 Å². The number of aliphatic hydroxyl groups excluding tert-OH is 1. The predicted octanol–water partition coefficient (Wildman–Crippen LogP) is 3.32. The highest BCUT2D eigenvalue weighted by atomic mass is 16.4. The quantitative estimate of drug-likeness (QED) is 0.909. The molecule has 1 atom stereocenters. The summed E-state index contributed by atoms with van der Waals surface area (Å²) in [5.41, 5.74) is 4.21. The van der Waals surface area contributed by atoms with E-state index in [0.29, 0.717) is 0 Å². The van der Waals surface area contributed by atoms with E-state index in [4.69, 9.17) is 0 Å². The van der Waals surface area contributed by atoms with Gasteiger partial charge in [-0.1, -0.05) is 29.8 Å². The second-order valence-corrected chi connectivity index (χ2v) is 6.11. The van der Waals surface area contributed by atoms with Crippen LogP contribution in [0.4, 0.5) is 5.69 Å². The summed E-state index contributed by atoms with van der Waals surface area (Å²) in [5, 5.41) is 19.0. The van der Waals surface area contributed by atoms with E-state index in [9.17, 15) is 15.0 Å². The molecule has 0 amide bonds. The fourth-order valence-electron chi connectivity index (χ4n) is 3.18. The molecular weight excluding hydrogens is 290 g/mol. The highest BCUT2D eigenvalue weighted by Gasteiger charge is 2.25. The summed E-state index contributed by atoms with van der Waals surface area (Å²) in [6, 6.07) is 13.6. The Kier molecular flexibility index (Phi) is 4.35. The number of anilines is 1. The molecule has 1 unspecified atom stereocenters. The van der Waals surface area contributed by atoms with Crippen LogP contribution in [-0.4, -0.2) is 35.4 Å². The Hall–Kier alpha value is -2.33. The maximum Gasteiger partial charge on any atom is 0.335 e. The van der Waals surface area contributed by atoms with Gasteiger partial charge in [0, 0.05) is 12.2 Å². The molecule has 1 heterocycles. The minimum Gasteiger partial charge on any atom is -0.478 e. The van der Waals surface area contributed by atoms with Gasteiger partial charge in [-0.3, -0.25) is 0 Å². The summed E-state index contributed by atoms with van der Waals surface area (Å²) in [5.74, 6) is -0.931.